The Balaban J connectivity index is 2.35. The molecular formula is C31H39N3O14. The Kier molecular flexibility index (Phi) is 15.7. The molecule has 0 amide bonds. The summed E-state index contributed by atoms with van der Waals surface area (Å²) >= 11 is 0. The molecule has 0 aliphatic rings. The third-order valence-electron chi connectivity index (χ3n) is 6.80. The summed E-state index contributed by atoms with van der Waals surface area (Å²) in [6.07, 6.45) is -0.482. The molecule has 0 heterocycles. The fraction of sp³-hybridized carbons (Fsp3) is 0.419. The second-order valence-corrected chi connectivity index (χ2v) is 10.9. The van der Waals surface area contributed by atoms with Crippen molar-refractivity contribution in [3.63, 3.8) is 0 Å². The molecule has 6 N–H and O–H groups in total. The molecule has 2 aromatic rings. The number of carboxylic acid groups (broad SMARTS) is 6. The summed E-state index contributed by atoms with van der Waals surface area (Å²) in [4.78, 5) is 72.5. The molecule has 0 saturated heterocycles. The predicted octanol–water partition coefficient (Wildman–Crippen LogP) is 0.278. The van der Waals surface area contributed by atoms with Crippen LogP contribution in [0.4, 0.5) is 0 Å². The van der Waals surface area contributed by atoms with Gasteiger partial charge in [-0.25, -0.2) is 0 Å². The second kappa shape index (κ2) is 19.4. The fourth-order valence-corrected chi connectivity index (χ4v) is 4.66. The molecule has 1 unspecified atom stereocenters. The molecule has 0 aliphatic carbocycles. The van der Waals surface area contributed by atoms with Gasteiger partial charge in [0.25, 0.3) is 0 Å². The van der Waals surface area contributed by atoms with Gasteiger partial charge in [-0.05, 0) is 30.7 Å². The maximum atomic E-state index is 11.7. The van der Waals surface area contributed by atoms with E-state index >= 15 is 0 Å². The summed E-state index contributed by atoms with van der Waals surface area (Å²) in [5.74, 6) is -7.49. The average molecular weight is 678 g/mol. The van der Waals surface area contributed by atoms with E-state index < -0.39 is 87.6 Å². The van der Waals surface area contributed by atoms with Crippen LogP contribution in [0, 0.1) is 6.92 Å². The van der Waals surface area contributed by atoms with Crippen molar-refractivity contribution in [2.75, 3.05) is 59.0 Å². The van der Waals surface area contributed by atoms with Gasteiger partial charge in [0.15, 0.2) is 0 Å². The number of nitrogens with zero attached hydrogens (tertiary/aromatic N) is 3. The number of benzene rings is 2. The van der Waals surface area contributed by atoms with E-state index in [-0.39, 0.29) is 37.6 Å². The minimum atomic E-state index is -1.39. The highest BCUT2D eigenvalue weighted by Gasteiger charge is 2.28. The topological polar surface area (TPSA) is 252 Å². The van der Waals surface area contributed by atoms with E-state index in [1.54, 1.807) is 0 Å². The van der Waals surface area contributed by atoms with Crippen LogP contribution in [-0.2, 0) is 41.8 Å². The number of carboxylic acids is 6. The van der Waals surface area contributed by atoms with Crippen LogP contribution in [-0.4, -0.2) is 146 Å². The normalized spacial score (nSPS) is 11.8. The Hall–Kier alpha value is -5.26. The second-order valence-electron chi connectivity index (χ2n) is 10.9. The van der Waals surface area contributed by atoms with Gasteiger partial charge in [0.1, 0.15) is 24.7 Å². The molecule has 0 bridgehead atoms. The number of aryl methyl sites for hydroxylation is 1. The van der Waals surface area contributed by atoms with Crippen LogP contribution in [0.1, 0.15) is 16.7 Å². The van der Waals surface area contributed by atoms with E-state index in [2.05, 4.69) is 0 Å². The predicted molar refractivity (Wildman–Crippen MR) is 165 cm³/mol. The summed E-state index contributed by atoms with van der Waals surface area (Å²) in [6.45, 7) is -2.47. The zero-order valence-corrected chi connectivity index (χ0v) is 26.2. The largest absolute Gasteiger partial charge is 0.492 e. The Bertz CT molecular complexity index is 1400. The van der Waals surface area contributed by atoms with Gasteiger partial charge in [0, 0.05) is 25.2 Å². The summed E-state index contributed by atoms with van der Waals surface area (Å²) < 4.78 is 11.7. The van der Waals surface area contributed by atoms with Crippen molar-refractivity contribution in [1.82, 2.24) is 14.7 Å². The van der Waals surface area contributed by atoms with Gasteiger partial charge in [-0.15, -0.1) is 0 Å². The third kappa shape index (κ3) is 15.4. The summed E-state index contributed by atoms with van der Waals surface area (Å²) in [5.41, 5.74) is 2.14. The van der Waals surface area contributed by atoms with Crippen LogP contribution in [0.2, 0.25) is 0 Å². The van der Waals surface area contributed by atoms with E-state index in [1.807, 2.05) is 31.2 Å². The standard InChI is InChI=1S/C31H39N3O14/c1-20-2-4-21(5-3-20)18-47-24-6-7-25(22(10-24)11-26(35)36)48-19-23(34(16-30(43)44)17-31(45)46)12-32(13-27(37)38)8-9-33(14-28(39)40)15-29(41)42/h2-7,10,23H,8-9,11-19H2,1H3,(H,35,36)(H,37,38)(H,39,40)(H,41,42)(H,43,44)(H,45,46). The monoisotopic (exact) mass is 677 g/mol. The lowest BCUT2D eigenvalue weighted by Crippen LogP contribution is -2.52. The molecule has 262 valence electrons. The van der Waals surface area contributed by atoms with Crippen molar-refractivity contribution in [3.8, 4) is 11.5 Å². The maximum absolute atomic E-state index is 11.7. The highest BCUT2D eigenvalue weighted by atomic mass is 16.5. The molecule has 1 atom stereocenters. The van der Waals surface area contributed by atoms with Gasteiger partial charge in [0.05, 0.1) is 45.2 Å². The van der Waals surface area contributed by atoms with Gasteiger partial charge >= 0.3 is 35.8 Å². The minimum Gasteiger partial charge on any atom is -0.492 e. The van der Waals surface area contributed by atoms with Crippen LogP contribution in [0.3, 0.4) is 0 Å². The maximum Gasteiger partial charge on any atom is 0.317 e. The fourth-order valence-electron chi connectivity index (χ4n) is 4.66. The number of hydrogen-bond donors (Lipinski definition) is 6. The summed E-state index contributed by atoms with van der Waals surface area (Å²) in [5, 5.41) is 56.3. The van der Waals surface area contributed by atoms with E-state index in [0.29, 0.717) is 5.75 Å². The van der Waals surface area contributed by atoms with Crippen LogP contribution in [0.5, 0.6) is 11.5 Å². The Morgan fingerprint density at radius 1 is 0.646 bits per heavy atom. The molecule has 48 heavy (non-hydrogen) atoms. The molecule has 17 heteroatoms. The van der Waals surface area contributed by atoms with Gasteiger partial charge in [-0.1, -0.05) is 29.8 Å². The molecule has 0 spiro atoms. The van der Waals surface area contributed by atoms with E-state index in [9.17, 15) is 49.2 Å². The zero-order chi connectivity index (χ0) is 35.8. The van der Waals surface area contributed by atoms with Crippen molar-refractivity contribution in [2.45, 2.75) is 26.0 Å². The first-order valence-corrected chi connectivity index (χ1v) is 14.5. The molecular weight excluding hydrogens is 638 g/mol. The number of ether oxygens (including phenoxy) is 2. The average Bonchev–Trinajstić information content (AvgIpc) is 2.96. The smallest absolute Gasteiger partial charge is 0.317 e. The Morgan fingerprint density at radius 3 is 1.69 bits per heavy atom. The van der Waals surface area contributed by atoms with Gasteiger partial charge in [-0.3, -0.25) is 43.5 Å². The summed E-state index contributed by atoms with van der Waals surface area (Å²) in [7, 11) is 0. The van der Waals surface area contributed by atoms with E-state index in [0.717, 1.165) is 20.9 Å². The first kappa shape index (κ1) is 38.9. The van der Waals surface area contributed by atoms with Crippen molar-refractivity contribution < 1.29 is 68.9 Å². The highest BCUT2D eigenvalue weighted by Crippen LogP contribution is 2.26. The molecule has 0 aromatic heterocycles. The summed E-state index contributed by atoms with van der Waals surface area (Å²) in [6, 6.07) is 11.0. The molecule has 17 nitrogen and oxygen atoms in total. The Morgan fingerprint density at radius 2 is 1.17 bits per heavy atom. The zero-order valence-electron chi connectivity index (χ0n) is 26.2. The van der Waals surface area contributed by atoms with Gasteiger partial charge < -0.3 is 40.1 Å². The van der Waals surface area contributed by atoms with E-state index in [4.69, 9.17) is 19.7 Å². The Labute approximate surface area is 275 Å². The van der Waals surface area contributed by atoms with Crippen LogP contribution >= 0.6 is 0 Å². The quantitative estimate of drug-likeness (QED) is 0.0872. The first-order valence-electron chi connectivity index (χ1n) is 14.5. The van der Waals surface area contributed by atoms with Gasteiger partial charge in [0.2, 0.25) is 0 Å². The first-order chi connectivity index (χ1) is 22.6. The molecule has 0 fully saturated rings. The SMILES string of the molecule is Cc1ccc(COc2ccc(OCC(CN(CCN(CC(=O)O)CC(=O)O)CC(=O)O)N(CC(=O)O)CC(=O)O)c(CC(=O)O)c2)cc1. The number of aliphatic carboxylic acids is 6. The van der Waals surface area contributed by atoms with Crippen LogP contribution < -0.4 is 9.47 Å². The number of hydrogen-bond acceptors (Lipinski definition) is 11. The van der Waals surface area contributed by atoms with Crippen molar-refractivity contribution in [3.05, 3.63) is 59.2 Å². The van der Waals surface area contributed by atoms with Crippen molar-refractivity contribution in [1.29, 1.82) is 0 Å². The molecule has 2 aromatic carbocycles. The van der Waals surface area contributed by atoms with Crippen molar-refractivity contribution >= 4 is 35.8 Å². The molecule has 0 radical (unpaired) electrons. The molecule has 2 rings (SSSR count). The lowest BCUT2D eigenvalue weighted by Gasteiger charge is -2.34. The van der Waals surface area contributed by atoms with Gasteiger partial charge in [-0.2, -0.15) is 0 Å². The minimum absolute atomic E-state index is 0.0783. The lowest BCUT2D eigenvalue weighted by atomic mass is 10.1. The lowest BCUT2D eigenvalue weighted by molar-refractivity contribution is -0.145. The third-order valence-corrected chi connectivity index (χ3v) is 6.80. The highest BCUT2D eigenvalue weighted by molar-refractivity contribution is 5.73. The number of carbonyl (C=O) groups is 6. The van der Waals surface area contributed by atoms with Crippen LogP contribution in [0.15, 0.2) is 42.5 Å². The number of rotatable bonds is 24. The van der Waals surface area contributed by atoms with E-state index in [1.165, 1.54) is 23.1 Å². The van der Waals surface area contributed by atoms with Crippen LogP contribution in [0.25, 0.3) is 0 Å². The van der Waals surface area contributed by atoms with Crippen molar-refractivity contribution in [2.24, 2.45) is 0 Å². The molecule has 0 aliphatic heterocycles. The molecule has 0 saturated carbocycles.